The maximum Gasteiger partial charge on any atom is 0.234 e. The van der Waals surface area contributed by atoms with Crippen LogP contribution in [-0.4, -0.2) is 24.0 Å². The highest BCUT2D eigenvalue weighted by Gasteiger charge is 1.99. The van der Waals surface area contributed by atoms with E-state index in [4.69, 9.17) is 0 Å². The summed E-state index contributed by atoms with van der Waals surface area (Å²) in [7, 11) is 0. The zero-order chi connectivity index (χ0) is 10.2. The monoisotopic (exact) mass is 211 g/mol. The summed E-state index contributed by atoms with van der Waals surface area (Å²) < 4.78 is 0. The largest absolute Gasteiger partial charge is 0.352 e. The second-order valence-corrected chi connectivity index (χ2v) is 3.39. The molecule has 0 saturated carbocycles. The van der Waals surface area contributed by atoms with Gasteiger partial charge in [0.25, 0.3) is 0 Å². The fourth-order valence-corrected chi connectivity index (χ4v) is 1.44. The van der Waals surface area contributed by atoms with Gasteiger partial charge >= 0.3 is 0 Å². The Bertz CT molecular complexity index is 284. The normalized spacial score (nSPS) is 9.71. The molecule has 4 nitrogen and oxygen atoms in total. The van der Waals surface area contributed by atoms with Gasteiger partial charge in [-0.25, -0.2) is 4.98 Å². The van der Waals surface area contributed by atoms with Crippen molar-refractivity contribution in [1.82, 2.24) is 15.6 Å². The lowest BCUT2D eigenvalue weighted by Gasteiger charge is -2.02. The summed E-state index contributed by atoms with van der Waals surface area (Å²) in [6.07, 6.45) is 1.65. The van der Waals surface area contributed by atoms with E-state index in [1.54, 1.807) is 22.9 Å². The Morgan fingerprint density at radius 3 is 3.21 bits per heavy atom. The molecule has 0 aromatic carbocycles. The number of nitrogens with zero attached hydrogens (tertiary/aromatic N) is 1. The van der Waals surface area contributed by atoms with E-state index in [0.717, 1.165) is 5.69 Å². The van der Waals surface area contributed by atoms with Crippen LogP contribution in [0.15, 0.2) is 23.5 Å². The van der Waals surface area contributed by atoms with Crippen LogP contribution in [0.1, 0.15) is 5.69 Å². The van der Waals surface area contributed by atoms with Crippen molar-refractivity contribution in [1.29, 1.82) is 0 Å². The summed E-state index contributed by atoms with van der Waals surface area (Å²) in [4.78, 5) is 15.2. The molecule has 1 aromatic heterocycles. The number of hydrogen-bond acceptors (Lipinski definition) is 4. The van der Waals surface area contributed by atoms with Gasteiger partial charge in [0.1, 0.15) is 0 Å². The molecule has 14 heavy (non-hydrogen) atoms. The van der Waals surface area contributed by atoms with Crippen LogP contribution < -0.4 is 10.6 Å². The summed E-state index contributed by atoms with van der Waals surface area (Å²) in [5, 5.41) is 7.62. The van der Waals surface area contributed by atoms with Crippen LogP contribution in [0.5, 0.6) is 0 Å². The molecule has 0 spiro atoms. The molecule has 1 amide bonds. The molecule has 0 aliphatic heterocycles. The van der Waals surface area contributed by atoms with Gasteiger partial charge in [0, 0.05) is 18.5 Å². The van der Waals surface area contributed by atoms with Gasteiger partial charge in [0.15, 0.2) is 0 Å². The van der Waals surface area contributed by atoms with Crippen molar-refractivity contribution < 1.29 is 4.79 Å². The van der Waals surface area contributed by atoms with E-state index >= 15 is 0 Å². The molecule has 2 N–H and O–H groups in total. The van der Waals surface area contributed by atoms with Crippen molar-refractivity contribution in [3.63, 3.8) is 0 Å². The molecule has 0 aliphatic carbocycles. The number of aromatic nitrogens is 1. The standard InChI is InChI=1S/C9H13N3OS/c1-2-3-11-9(13)5-10-4-8-6-14-7-12-8/h2,6-7,10H,1,3-5H2,(H,11,13). The Morgan fingerprint density at radius 2 is 2.57 bits per heavy atom. The average molecular weight is 211 g/mol. The Kier molecular flexibility index (Phi) is 4.88. The first-order valence-electron chi connectivity index (χ1n) is 4.28. The Morgan fingerprint density at radius 1 is 1.71 bits per heavy atom. The van der Waals surface area contributed by atoms with E-state index < -0.39 is 0 Å². The van der Waals surface area contributed by atoms with Crippen molar-refractivity contribution in [2.75, 3.05) is 13.1 Å². The SMILES string of the molecule is C=CCNC(=O)CNCc1cscn1. The van der Waals surface area contributed by atoms with Crippen LogP contribution in [0.2, 0.25) is 0 Å². The molecule has 5 heteroatoms. The Labute approximate surface area is 87.1 Å². The molecular formula is C9H13N3OS. The van der Waals surface area contributed by atoms with Gasteiger partial charge in [-0.05, 0) is 0 Å². The van der Waals surface area contributed by atoms with E-state index in [2.05, 4.69) is 22.2 Å². The molecular weight excluding hydrogens is 198 g/mol. The van der Waals surface area contributed by atoms with Crippen LogP contribution in [0.3, 0.4) is 0 Å². The van der Waals surface area contributed by atoms with Crippen LogP contribution in [0, 0.1) is 0 Å². The molecule has 1 aromatic rings. The molecule has 1 heterocycles. The molecule has 0 bridgehead atoms. The van der Waals surface area contributed by atoms with E-state index in [1.165, 1.54) is 0 Å². The lowest BCUT2D eigenvalue weighted by molar-refractivity contribution is -0.120. The lowest BCUT2D eigenvalue weighted by atomic mass is 10.4. The maximum absolute atomic E-state index is 11.1. The number of hydrogen-bond donors (Lipinski definition) is 2. The van der Waals surface area contributed by atoms with Gasteiger partial charge in [-0.3, -0.25) is 4.79 Å². The highest BCUT2D eigenvalue weighted by Crippen LogP contribution is 1.99. The predicted molar refractivity (Wildman–Crippen MR) is 57.0 cm³/mol. The predicted octanol–water partition coefficient (Wildman–Crippen LogP) is 0.535. The van der Waals surface area contributed by atoms with E-state index in [9.17, 15) is 4.79 Å². The van der Waals surface area contributed by atoms with Gasteiger partial charge < -0.3 is 10.6 Å². The average Bonchev–Trinajstić information content (AvgIpc) is 2.67. The number of amides is 1. The number of carbonyl (C=O) groups is 1. The molecule has 0 unspecified atom stereocenters. The number of rotatable bonds is 6. The Hall–Kier alpha value is -1.20. The smallest absolute Gasteiger partial charge is 0.234 e. The fourth-order valence-electron chi connectivity index (χ4n) is 0.877. The zero-order valence-corrected chi connectivity index (χ0v) is 8.64. The first-order valence-corrected chi connectivity index (χ1v) is 5.22. The number of thiazole rings is 1. The summed E-state index contributed by atoms with van der Waals surface area (Å²) in [5.41, 5.74) is 2.74. The molecule has 0 fully saturated rings. The Balaban J connectivity index is 2.09. The quantitative estimate of drug-likeness (QED) is 0.675. The summed E-state index contributed by atoms with van der Waals surface area (Å²) in [5.74, 6) is -0.0277. The van der Waals surface area contributed by atoms with Crippen LogP contribution >= 0.6 is 11.3 Å². The van der Waals surface area contributed by atoms with Crippen LogP contribution in [0.4, 0.5) is 0 Å². The summed E-state index contributed by atoms with van der Waals surface area (Å²) >= 11 is 1.55. The third-order valence-corrected chi connectivity index (χ3v) is 2.15. The van der Waals surface area contributed by atoms with Crippen molar-refractivity contribution in [2.24, 2.45) is 0 Å². The van der Waals surface area contributed by atoms with Crippen LogP contribution in [-0.2, 0) is 11.3 Å². The second kappa shape index (κ2) is 6.28. The van der Waals surface area contributed by atoms with Gasteiger partial charge in [-0.2, -0.15) is 0 Å². The van der Waals surface area contributed by atoms with Gasteiger partial charge in [-0.1, -0.05) is 6.08 Å². The van der Waals surface area contributed by atoms with Gasteiger partial charge in [-0.15, -0.1) is 17.9 Å². The molecule has 0 aliphatic rings. The third-order valence-electron chi connectivity index (χ3n) is 1.52. The first-order chi connectivity index (χ1) is 6.83. The summed E-state index contributed by atoms with van der Waals surface area (Å²) in [6.45, 7) is 4.96. The van der Waals surface area contributed by atoms with Crippen molar-refractivity contribution in [3.05, 3.63) is 29.2 Å². The van der Waals surface area contributed by atoms with Crippen LogP contribution in [0.25, 0.3) is 0 Å². The first kappa shape index (κ1) is 10.9. The topological polar surface area (TPSA) is 54.0 Å². The van der Waals surface area contributed by atoms with E-state index in [0.29, 0.717) is 19.6 Å². The van der Waals surface area contributed by atoms with Crippen molar-refractivity contribution in [2.45, 2.75) is 6.54 Å². The maximum atomic E-state index is 11.1. The number of carbonyl (C=O) groups excluding carboxylic acids is 1. The van der Waals surface area contributed by atoms with Crippen molar-refractivity contribution >= 4 is 17.2 Å². The fraction of sp³-hybridized carbons (Fsp3) is 0.333. The minimum absolute atomic E-state index is 0.0277. The molecule has 0 saturated heterocycles. The molecule has 0 radical (unpaired) electrons. The molecule has 1 rings (SSSR count). The van der Waals surface area contributed by atoms with Gasteiger partial charge in [0.2, 0.25) is 5.91 Å². The summed E-state index contributed by atoms with van der Waals surface area (Å²) in [6, 6.07) is 0. The lowest BCUT2D eigenvalue weighted by Crippen LogP contribution is -2.33. The third kappa shape index (κ3) is 4.15. The minimum Gasteiger partial charge on any atom is -0.352 e. The number of nitrogens with one attached hydrogen (secondary N) is 2. The molecule has 76 valence electrons. The second-order valence-electron chi connectivity index (χ2n) is 2.68. The van der Waals surface area contributed by atoms with Crippen molar-refractivity contribution in [3.8, 4) is 0 Å². The highest BCUT2D eigenvalue weighted by molar-refractivity contribution is 7.07. The van der Waals surface area contributed by atoms with Gasteiger partial charge in [0.05, 0.1) is 17.7 Å². The van der Waals surface area contributed by atoms with E-state index in [-0.39, 0.29) is 5.91 Å². The minimum atomic E-state index is -0.0277. The molecule has 0 atom stereocenters. The highest BCUT2D eigenvalue weighted by atomic mass is 32.1. The van der Waals surface area contributed by atoms with E-state index in [1.807, 2.05) is 5.38 Å². The zero-order valence-electron chi connectivity index (χ0n) is 7.82.